The minimum atomic E-state index is -0.00537. The molecule has 1 fully saturated rings. The molecule has 0 spiro atoms. The summed E-state index contributed by atoms with van der Waals surface area (Å²) in [4.78, 5) is 14.5. The number of aryl methyl sites for hydroxylation is 1. The van der Waals surface area contributed by atoms with Gasteiger partial charge in [-0.2, -0.15) is 0 Å². The monoisotopic (exact) mass is 352 g/mol. The van der Waals surface area contributed by atoms with E-state index < -0.39 is 0 Å². The fraction of sp³-hybridized carbons (Fsp3) is 0.588. The molecule has 1 amide bonds. The first kappa shape index (κ1) is 16.5. The van der Waals surface area contributed by atoms with Gasteiger partial charge in [0.25, 0.3) is 0 Å². The minimum Gasteiger partial charge on any atom is -0.334 e. The molecule has 4 heteroatoms. The molecule has 0 aliphatic carbocycles. The molecule has 1 aromatic carbocycles. The van der Waals surface area contributed by atoms with Crippen molar-refractivity contribution in [3.63, 3.8) is 0 Å². The van der Waals surface area contributed by atoms with Crippen LogP contribution in [0.25, 0.3) is 0 Å². The average molecular weight is 353 g/mol. The molecule has 1 saturated heterocycles. The highest BCUT2D eigenvalue weighted by atomic mass is 79.9. The fourth-order valence-electron chi connectivity index (χ4n) is 3.06. The van der Waals surface area contributed by atoms with Crippen LogP contribution in [-0.2, 0) is 4.79 Å². The lowest BCUT2D eigenvalue weighted by Crippen LogP contribution is -2.43. The lowest BCUT2D eigenvalue weighted by atomic mass is 9.94. The molecule has 0 aromatic heterocycles. The maximum atomic E-state index is 12.5. The Bertz CT molecular complexity index is 516. The van der Waals surface area contributed by atoms with Gasteiger partial charge in [0.05, 0.1) is 6.04 Å². The number of carbonyl (C=O) groups is 1. The van der Waals surface area contributed by atoms with Gasteiger partial charge in [0, 0.05) is 23.5 Å². The third-order valence-electron chi connectivity index (χ3n) is 4.08. The number of carbonyl (C=O) groups excluding carboxylic acids is 1. The Hall–Kier alpha value is -0.870. The molecule has 0 saturated carbocycles. The van der Waals surface area contributed by atoms with E-state index in [0.717, 1.165) is 29.4 Å². The molecule has 0 radical (unpaired) electrons. The van der Waals surface area contributed by atoms with Crippen LogP contribution in [-0.4, -0.2) is 23.4 Å². The first-order chi connectivity index (χ1) is 9.90. The second-order valence-corrected chi connectivity index (χ2v) is 7.30. The number of hydrogen-bond donors (Lipinski definition) is 1. The zero-order chi connectivity index (χ0) is 15.6. The van der Waals surface area contributed by atoms with Crippen LogP contribution in [0.4, 0.5) is 0 Å². The number of benzene rings is 1. The third kappa shape index (κ3) is 3.86. The number of hydrogen-bond acceptors (Lipinski definition) is 2. The van der Waals surface area contributed by atoms with Gasteiger partial charge in [-0.25, -0.2) is 0 Å². The molecule has 116 valence electrons. The molecule has 3 nitrogen and oxygen atoms in total. The van der Waals surface area contributed by atoms with Gasteiger partial charge in [-0.15, -0.1) is 0 Å². The van der Waals surface area contributed by atoms with Gasteiger partial charge in [0.15, 0.2) is 0 Å². The predicted octanol–water partition coefficient (Wildman–Crippen LogP) is 3.79. The highest BCUT2D eigenvalue weighted by Crippen LogP contribution is 2.32. The predicted molar refractivity (Wildman–Crippen MR) is 90.0 cm³/mol. The molecular weight excluding hydrogens is 328 g/mol. The maximum Gasteiger partial charge on any atom is 0.223 e. The number of amides is 1. The Morgan fingerprint density at radius 1 is 1.43 bits per heavy atom. The van der Waals surface area contributed by atoms with E-state index in [1.807, 2.05) is 4.90 Å². The van der Waals surface area contributed by atoms with Crippen LogP contribution in [0.15, 0.2) is 22.7 Å². The Kier molecular flexibility index (Phi) is 5.44. The van der Waals surface area contributed by atoms with Gasteiger partial charge in [-0.1, -0.05) is 41.9 Å². The van der Waals surface area contributed by atoms with Crippen LogP contribution >= 0.6 is 15.9 Å². The topological polar surface area (TPSA) is 46.3 Å². The molecule has 2 N–H and O–H groups in total. The van der Waals surface area contributed by atoms with Crippen molar-refractivity contribution in [2.45, 2.75) is 52.1 Å². The molecule has 1 aliphatic heterocycles. The largest absolute Gasteiger partial charge is 0.334 e. The zero-order valence-corrected chi connectivity index (χ0v) is 14.7. The van der Waals surface area contributed by atoms with Crippen molar-refractivity contribution in [2.75, 3.05) is 6.54 Å². The van der Waals surface area contributed by atoms with Gasteiger partial charge in [0.2, 0.25) is 5.91 Å². The van der Waals surface area contributed by atoms with Crippen LogP contribution < -0.4 is 5.73 Å². The zero-order valence-electron chi connectivity index (χ0n) is 13.1. The molecule has 0 bridgehead atoms. The van der Waals surface area contributed by atoms with Crippen molar-refractivity contribution in [3.05, 3.63) is 33.8 Å². The number of rotatable bonds is 3. The quantitative estimate of drug-likeness (QED) is 0.899. The van der Waals surface area contributed by atoms with Gasteiger partial charge in [0.1, 0.15) is 0 Å². The van der Waals surface area contributed by atoms with Crippen LogP contribution in [0.3, 0.4) is 0 Å². The summed E-state index contributed by atoms with van der Waals surface area (Å²) < 4.78 is 1.09. The SMILES string of the molecule is Cc1cc(C2C(N)CCCC(=O)N2CC(C)C)ccc1Br. The van der Waals surface area contributed by atoms with E-state index in [4.69, 9.17) is 5.73 Å². The summed E-state index contributed by atoms with van der Waals surface area (Å²) in [5, 5.41) is 0. The van der Waals surface area contributed by atoms with Crippen molar-refractivity contribution in [1.82, 2.24) is 4.90 Å². The highest BCUT2D eigenvalue weighted by molar-refractivity contribution is 9.10. The maximum absolute atomic E-state index is 12.5. The van der Waals surface area contributed by atoms with Crippen LogP contribution in [0.1, 0.15) is 50.3 Å². The summed E-state index contributed by atoms with van der Waals surface area (Å²) in [6, 6.07) is 6.30. The van der Waals surface area contributed by atoms with E-state index in [9.17, 15) is 4.79 Å². The van der Waals surface area contributed by atoms with E-state index in [0.29, 0.717) is 12.3 Å². The normalized spacial score (nSPS) is 23.5. The Morgan fingerprint density at radius 2 is 2.14 bits per heavy atom. The first-order valence-corrected chi connectivity index (χ1v) is 8.50. The first-order valence-electron chi connectivity index (χ1n) is 7.71. The van der Waals surface area contributed by atoms with Crippen LogP contribution in [0, 0.1) is 12.8 Å². The molecule has 1 heterocycles. The van der Waals surface area contributed by atoms with Crippen molar-refractivity contribution < 1.29 is 4.79 Å². The fourth-order valence-corrected chi connectivity index (χ4v) is 3.31. The molecule has 2 unspecified atom stereocenters. The van der Waals surface area contributed by atoms with E-state index in [-0.39, 0.29) is 18.0 Å². The van der Waals surface area contributed by atoms with E-state index in [1.165, 1.54) is 5.56 Å². The lowest BCUT2D eigenvalue weighted by Gasteiger charge is -2.35. The van der Waals surface area contributed by atoms with E-state index in [1.54, 1.807) is 0 Å². The molecule has 1 aromatic rings. The summed E-state index contributed by atoms with van der Waals surface area (Å²) in [5.41, 5.74) is 8.76. The van der Waals surface area contributed by atoms with Crippen molar-refractivity contribution in [3.8, 4) is 0 Å². The number of likely N-dealkylation sites (tertiary alicyclic amines) is 1. The van der Waals surface area contributed by atoms with Gasteiger partial charge in [-0.3, -0.25) is 4.79 Å². The second-order valence-electron chi connectivity index (χ2n) is 6.45. The van der Waals surface area contributed by atoms with Crippen LogP contribution in [0.5, 0.6) is 0 Å². The summed E-state index contributed by atoms with van der Waals surface area (Å²) in [7, 11) is 0. The summed E-state index contributed by atoms with van der Waals surface area (Å²) in [5.74, 6) is 0.681. The molecule has 2 rings (SSSR count). The minimum absolute atomic E-state index is 0.00537. The average Bonchev–Trinajstić information content (AvgIpc) is 2.53. The standard InChI is InChI=1S/C17H25BrN2O/c1-11(2)10-20-16(21)6-4-5-15(19)17(20)13-7-8-14(18)12(3)9-13/h7-9,11,15,17H,4-6,10,19H2,1-3H3. The van der Waals surface area contributed by atoms with Crippen molar-refractivity contribution in [2.24, 2.45) is 11.7 Å². The van der Waals surface area contributed by atoms with E-state index in [2.05, 4.69) is 54.9 Å². The van der Waals surface area contributed by atoms with Crippen molar-refractivity contribution in [1.29, 1.82) is 0 Å². The van der Waals surface area contributed by atoms with Gasteiger partial charge in [-0.05, 0) is 42.9 Å². The number of nitrogens with zero attached hydrogens (tertiary/aromatic N) is 1. The number of halogens is 1. The smallest absolute Gasteiger partial charge is 0.223 e. The van der Waals surface area contributed by atoms with Crippen molar-refractivity contribution >= 4 is 21.8 Å². The Labute approximate surface area is 136 Å². The summed E-state index contributed by atoms with van der Waals surface area (Å²) in [6.45, 7) is 7.14. The van der Waals surface area contributed by atoms with Gasteiger partial charge < -0.3 is 10.6 Å². The molecular formula is C17H25BrN2O. The molecule has 21 heavy (non-hydrogen) atoms. The number of nitrogens with two attached hydrogens (primary N) is 1. The molecule has 2 atom stereocenters. The summed E-state index contributed by atoms with van der Waals surface area (Å²) in [6.07, 6.45) is 2.41. The lowest BCUT2D eigenvalue weighted by molar-refractivity contribution is -0.133. The third-order valence-corrected chi connectivity index (χ3v) is 4.96. The van der Waals surface area contributed by atoms with Crippen LogP contribution in [0.2, 0.25) is 0 Å². The summed E-state index contributed by atoms with van der Waals surface area (Å²) >= 11 is 3.54. The Balaban J connectivity index is 2.40. The van der Waals surface area contributed by atoms with E-state index >= 15 is 0 Å². The second kappa shape index (κ2) is 6.93. The Morgan fingerprint density at radius 3 is 2.76 bits per heavy atom. The van der Waals surface area contributed by atoms with Gasteiger partial charge >= 0.3 is 0 Å². The molecule has 1 aliphatic rings. The highest BCUT2D eigenvalue weighted by Gasteiger charge is 2.33.